The molecule has 9 heteroatoms. The van der Waals surface area contributed by atoms with Crippen LogP contribution in [0.2, 0.25) is 0 Å². The number of carbonyl (C=O) groups is 1. The second-order valence-corrected chi connectivity index (χ2v) is 5.97. The van der Waals surface area contributed by atoms with Gasteiger partial charge in [-0.1, -0.05) is 18.2 Å². The van der Waals surface area contributed by atoms with Gasteiger partial charge in [0.05, 0.1) is 12.2 Å². The number of hydrogen-bond donors (Lipinski definition) is 3. The Morgan fingerprint density at radius 2 is 2.08 bits per heavy atom. The van der Waals surface area contributed by atoms with Crippen LogP contribution < -0.4 is 11.4 Å². The Hall–Kier alpha value is -2.75. The molecule has 1 aliphatic heterocycles. The van der Waals surface area contributed by atoms with Crippen molar-refractivity contribution in [2.75, 3.05) is 12.3 Å². The van der Waals surface area contributed by atoms with E-state index < -0.39 is 42.8 Å². The van der Waals surface area contributed by atoms with Crippen LogP contribution in [0.4, 0.5) is 5.82 Å². The second kappa shape index (κ2) is 7.24. The minimum atomic E-state index is -1.37. The molecule has 0 aliphatic carbocycles. The molecule has 1 aromatic carbocycles. The van der Waals surface area contributed by atoms with Gasteiger partial charge >= 0.3 is 11.7 Å². The Morgan fingerprint density at radius 3 is 2.73 bits per heavy atom. The van der Waals surface area contributed by atoms with Crippen LogP contribution in [0.25, 0.3) is 0 Å². The molecule has 3 rings (SSSR count). The van der Waals surface area contributed by atoms with Crippen molar-refractivity contribution in [2.45, 2.75) is 31.5 Å². The zero-order chi connectivity index (χ0) is 18.8. The van der Waals surface area contributed by atoms with Crippen molar-refractivity contribution in [3.8, 4) is 0 Å². The molecule has 0 saturated carbocycles. The third-order valence-electron chi connectivity index (χ3n) is 4.19. The fraction of sp³-hybridized carbons (Fsp3) is 0.353. The van der Waals surface area contributed by atoms with Gasteiger partial charge in [0.25, 0.3) is 0 Å². The summed E-state index contributed by atoms with van der Waals surface area (Å²) >= 11 is 0. The lowest BCUT2D eigenvalue weighted by Gasteiger charge is -2.20. The third-order valence-corrected chi connectivity index (χ3v) is 4.19. The number of hydrogen-bond acceptors (Lipinski definition) is 8. The molecule has 1 aliphatic rings. The Balaban J connectivity index is 1.85. The third kappa shape index (κ3) is 3.32. The molecule has 4 N–H and O–H groups in total. The molecule has 0 radical (unpaired) electrons. The number of anilines is 1. The normalized spacial score (nSPS) is 25.2. The van der Waals surface area contributed by atoms with Crippen LogP contribution in [0, 0.1) is 6.92 Å². The van der Waals surface area contributed by atoms with Crippen molar-refractivity contribution in [1.29, 1.82) is 0 Å². The van der Waals surface area contributed by atoms with Gasteiger partial charge in [0.1, 0.15) is 18.0 Å². The first kappa shape index (κ1) is 18.1. The number of aliphatic hydroxyl groups is 2. The molecule has 0 unspecified atom stereocenters. The number of esters is 1. The van der Waals surface area contributed by atoms with Crippen molar-refractivity contribution in [3.05, 3.63) is 58.1 Å². The quantitative estimate of drug-likeness (QED) is 0.626. The first-order chi connectivity index (χ1) is 12.4. The monoisotopic (exact) mass is 361 g/mol. The topological polar surface area (TPSA) is 137 Å². The number of aryl methyl sites for hydroxylation is 1. The highest BCUT2D eigenvalue weighted by molar-refractivity contribution is 5.89. The summed E-state index contributed by atoms with van der Waals surface area (Å²) in [5, 5.41) is 20.1. The van der Waals surface area contributed by atoms with Crippen molar-refractivity contribution in [3.63, 3.8) is 0 Å². The predicted octanol–water partition coefficient (Wildman–Crippen LogP) is -0.390. The minimum Gasteiger partial charge on any atom is -0.453 e. The van der Waals surface area contributed by atoms with Gasteiger partial charge in [-0.3, -0.25) is 4.57 Å². The maximum absolute atomic E-state index is 12.2. The van der Waals surface area contributed by atoms with Gasteiger partial charge in [-0.2, -0.15) is 4.98 Å². The summed E-state index contributed by atoms with van der Waals surface area (Å²) in [5.74, 6) is -0.596. The van der Waals surface area contributed by atoms with Crippen LogP contribution >= 0.6 is 0 Å². The molecule has 0 bridgehead atoms. The van der Waals surface area contributed by atoms with Gasteiger partial charge in [0.15, 0.2) is 12.3 Å². The van der Waals surface area contributed by atoms with Gasteiger partial charge in [-0.05, 0) is 19.1 Å². The summed E-state index contributed by atoms with van der Waals surface area (Å²) < 4.78 is 11.9. The number of carbonyl (C=O) groups excluding carboxylic acids is 1. The Kier molecular flexibility index (Phi) is 5.03. The number of rotatable bonds is 4. The first-order valence-electron chi connectivity index (χ1n) is 7.98. The molecule has 1 aromatic heterocycles. The number of nitrogens with two attached hydrogens (primary N) is 1. The van der Waals surface area contributed by atoms with Crippen LogP contribution in [0.1, 0.15) is 22.1 Å². The highest BCUT2D eigenvalue weighted by Gasteiger charge is 2.47. The standard InChI is InChI=1S/C17H19N3O6/c1-9-7-20(17(24)19-14(9)18)15-12(22)13(11(8-21)25-15)26-16(23)10-5-3-2-4-6-10/h2-7,11-13,15,21-22H,8H2,1H3,(H2,18,19,24)/t11-,12+,13-,15-/m1/s1. The zero-order valence-corrected chi connectivity index (χ0v) is 14.0. The summed E-state index contributed by atoms with van der Waals surface area (Å²) in [6, 6.07) is 8.22. The summed E-state index contributed by atoms with van der Waals surface area (Å²) in [7, 11) is 0. The van der Waals surface area contributed by atoms with Gasteiger partial charge in [-0.15, -0.1) is 0 Å². The molecule has 138 valence electrons. The van der Waals surface area contributed by atoms with E-state index in [-0.39, 0.29) is 5.82 Å². The lowest BCUT2D eigenvalue weighted by atomic mass is 10.1. The summed E-state index contributed by atoms with van der Waals surface area (Å²) in [5.41, 5.74) is 5.69. The highest BCUT2D eigenvalue weighted by atomic mass is 16.6. The summed E-state index contributed by atoms with van der Waals surface area (Å²) in [6.07, 6.45) is -3.29. The number of aromatic nitrogens is 2. The maximum atomic E-state index is 12.2. The van der Waals surface area contributed by atoms with Crippen molar-refractivity contribution in [2.24, 2.45) is 0 Å². The van der Waals surface area contributed by atoms with Gasteiger partial charge < -0.3 is 25.4 Å². The zero-order valence-electron chi connectivity index (χ0n) is 14.0. The van der Waals surface area contributed by atoms with Gasteiger partial charge in [0.2, 0.25) is 0 Å². The molecule has 1 fully saturated rings. The highest BCUT2D eigenvalue weighted by Crippen LogP contribution is 2.31. The molecule has 0 spiro atoms. The van der Waals surface area contributed by atoms with E-state index in [0.717, 1.165) is 4.57 Å². The molecule has 2 heterocycles. The smallest absolute Gasteiger partial charge is 0.351 e. The van der Waals surface area contributed by atoms with E-state index >= 15 is 0 Å². The fourth-order valence-electron chi connectivity index (χ4n) is 2.77. The Labute approximate surface area is 148 Å². The fourth-order valence-corrected chi connectivity index (χ4v) is 2.77. The summed E-state index contributed by atoms with van der Waals surface area (Å²) in [4.78, 5) is 28.0. The number of ether oxygens (including phenoxy) is 2. The molecule has 26 heavy (non-hydrogen) atoms. The van der Waals surface area contributed by atoms with Crippen molar-refractivity contribution in [1.82, 2.24) is 9.55 Å². The number of benzene rings is 1. The van der Waals surface area contributed by atoms with Gasteiger partial charge in [0, 0.05) is 11.8 Å². The predicted molar refractivity (Wildman–Crippen MR) is 90.3 cm³/mol. The number of aliphatic hydroxyl groups excluding tert-OH is 2. The average Bonchev–Trinajstić information content (AvgIpc) is 2.94. The van der Waals surface area contributed by atoms with E-state index in [1.807, 2.05) is 0 Å². The van der Waals surface area contributed by atoms with Crippen molar-refractivity contribution >= 4 is 11.8 Å². The second-order valence-electron chi connectivity index (χ2n) is 5.97. The van der Waals surface area contributed by atoms with Crippen LogP contribution in [0.3, 0.4) is 0 Å². The first-order valence-corrected chi connectivity index (χ1v) is 7.98. The molecular weight excluding hydrogens is 342 g/mol. The molecule has 1 saturated heterocycles. The van der Waals surface area contributed by atoms with Crippen LogP contribution in [0.5, 0.6) is 0 Å². The van der Waals surface area contributed by atoms with E-state index in [1.54, 1.807) is 37.3 Å². The van der Waals surface area contributed by atoms with E-state index in [0.29, 0.717) is 11.1 Å². The van der Waals surface area contributed by atoms with Crippen LogP contribution in [-0.4, -0.2) is 50.7 Å². The molecule has 0 amide bonds. The SMILES string of the molecule is Cc1cn([C@@H]2O[C@H](CO)[C@@H](OC(=O)c3ccccc3)[C@@H]2O)c(=O)nc1N. The van der Waals surface area contributed by atoms with Crippen molar-refractivity contribution < 1.29 is 24.5 Å². The minimum absolute atomic E-state index is 0.0736. The average molecular weight is 361 g/mol. The Morgan fingerprint density at radius 1 is 1.38 bits per heavy atom. The Bertz CT molecular complexity index is 853. The lowest BCUT2D eigenvalue weighted by Crippen LogP contribution is -2.39. The summed E-state index contributed by atoms with van der Waals surface area (Å²) in [6.45, 7) is 1.15. The molecular formula is C17H19N3O6. The molecule has 4 atom stereocenters. The number of nitrogen functional groups attached to an aromatic ring is 1. The van der Waals surface area contributed by atoms with E-state index in [4.69, 9.17) is 15.2 Å². The maximum Gasteiger partial charge on any atom is 0.351 e. The van der Waals surface area contributed by atoms with E-state index in [2.05, 4.69) is 4.98 Å². The van der Waals surface area contributed by atoms with E-state index in [1.165, 1.54) is 6.20 Å². The number of nitrogens with zero attached hydrogens (tertiary/aromatic N) is 2. The lowest BCUT2D eigenvalue weighted by molar-refractivity contribution is -0.0563. The molecule has 9 nitrogen and oxygen atoms in total. The largest absolute Gasteiger partial charge is 0.453 e. The molecule has 2 aromatic rings. The van der Waals surface area contributed by atoms with Crippen LogP contribution in [-0.2, 0) is 9.47 Å². The van der Waals surface area contributed by atoms with E-state index in [9.17, 15) is 19.8 Å². The van der Waals surface area contributed by atoms with Crippen LogP contribution in [0.15, 0.2) is 41.3 Å². The van der Waals surface area contributed by atoms with Gasteiger partial charge in [-0.25, -0.2) is 9.59 Å².